The smallest absolute Gasteiger partial charge is 0.329 e. The van der Waals surface area contributed by atoms with Crippen LogP contribution in [0.1, 0.15) is 27.2 Å². The van der Waals surface area contributed by atoms with E-state index in [0.29, 0.717) is 13.0 Å². The number of likely N-dealkylation sites (N-methyl/N-ethyl adjacent to an activating group) is 1. The minimum atomic E-state index is -1.16. The van der Waals surface area contributed by atoms with Gasteiger partial charge in [0, 0.05) is 0 Å². The van der Waals surface area contributed by atoms with Crippen LogP contribution < -0.4 is 10.6 Å². The van der Waals surface area contributed by atoms with Crippen molar-refractivity contribution in [2.24, 2.45) is 0 Å². The van der Waals surface area contributed by atoms with Gasteiger partial charge in [-0.15, -0.1) is 0 Å². The van der Waals surface area contributed by atoms with E-state index in [0.717, 1.165) is 0 Å². The normalized spacial score (nSPS) is 14.5. The van der Waals surface area contributed by atoms with Crippen LogP contribution in [0.4, 0.5) is 0 Å². The maximum absolute atomic E-state index is 11.2. The topological polar surface area (TPSA) is 78.4 Å². The molecule has 0 aromatic heterocycles. The second-order valence-electron chi connectivity index (χ2n) is 3.32. The SMILES string of the molecule is CCNCC(=O)NC(C)(CC)C(=O)O. The van der Waals surface area contributed by atoms with Crippen LogP contribution in [0.5, 0.6) is 0 Å². The predicted molar refractivity (Wildman–Crippen MR) is 53.0 cm³/mol. The molecule has 0 aliphatic heterocycles. The van der Waals surface area contributed by atoms with Crippen molar-refractivity contribution >= 4 is 11.9 Å². The third-order valence-corrected chi connectivity index (χ3v) is 2.13. The maximum atomic E-state index is 11.2. The van der Waals surface area contributed by atoms with E-state index in [-0.39, 0.29) is 12.5 Å². The van der Waals surface area contributed by atoms with Crippen LogP contribution in [-0.2, 0) is 9.59 Å². The first-order valence-electron chi connectivity index (χ1n) is 4.71. The lowest BCUT2D eigenvalue weighted by molar-refractivity contribution is -0.146. The van der Waals surface area contributed by atoms with E-state index < -0.39 is 11.5 Å². The molecule has 1 amide bonds. The fraction of sp³-hybridized carbons (Fsp3) is 0.778. The highest BCUT2D eigenvalue weighted by Gasteiger charge is 2.32. The van der Waals surface area contributed by atoms with E-state index in [1.54, 1.807) is 6.92 Å². The van der Waals surface area contributed by atoms with E-state index in [1.807, 2.05) is 6.92 Å². The van der Waals surface area contributed by atoms with Gasteiger partial charge in [-0.2, -0.15) is 0 Å². The van der Waals surface area contributed by atoms with Gasteiger partial charge in [0.15, 0.2) is 0 Å². The molecule has 5 nitrogen and oxygen atoms in total. The molecule has 1 unspecified atom stereocenters. The summed E-state index contributed by atoms with van der Waals surface area (Å²) < 4.78 is 0. The molecule has 0 radical (unpaired) electrons. The molecular weight excluding hydrogens is 184 g/mol. The molecule has 0 heterocycles. The number of hydrogen-bond donors (Lipinski definition) is 3. The Kier molecular flexibility index (Phi) is 5.15. The summed E-state index contributed by atoms with van der Waals surface area (Å²) in [6, 6.07) is 0. The Hall–Kier alpha value is -1.10. The second kappa shape index (κ2) is 5.59. The third-order valence-electron chi connectivity index (χ3n) is 2.13. The summed E-state index contributed by atoms with van der Waals surface area (Å²) in [6.07, 6.45) is 0.361. The summed E-state index contributed by atoms with van der Waals surface area (Å²) in [5, 5.41) is 14.2. The molecule has 0 aliphatic carbocycles. The van der Waals surface area contributed by atoms with Gasteiger partial charge in [-0.25, -0.2) is 4.79 Å². The molecule has 0 aromatic carbocycles. The number of hydrogen-bond acceptors (Lipinski definition) is 3. The Labute approximate surface area is 83.9 Å². The standard InChI is InChI=1S/C9H18N2O3/c1-4-9(3,8(13)14)11-7(12)6-10-5-2/h10H,4-6H2,1-3H3,(H,11,12)(H,13,14). The van der Waals surface area contributed by atoms with Crippen molar-refractivity contribution in [2.75, 3.05) is 13.1 Å². The van der Waals surface area contributed by atoms with E-state index in [2.05, 4.69) is 10.6 Å². The minimum Gasteiger partial charge on any atom is -0.480 e. The number of carboxylic acids is 1. The monoisotopic (exact) mass is 202 g/mol. The van der Waals surface area contributed by atoms with Crippen LogP contribution in [0.2, 0.25) is 0 Å². The zero-order valence-electron chi connectivity index (χ0n) is 8.89. The van der Waals surface area contributed by atoms with Gasteiger partial charge in [0.25, 0.3) is 0 Å². The van der Waals surface area contributed by atoms with E-state index in [1.165, 1.54) is 6.92 Å². The van der Waals surface area contributed by atoms with Gasteiger partial charge >= 0.3 is 5.97 Å². The zero-order chi connectivity index (χ0) is 11.2. The first-order valence-corrected chi connectivity index (χ1v) is 4.71. The summed E-state index contributed by atoms with van der Waals surface area (Å²) >= 11 is 0. The van der Waals surface area contributed by atoms with Crippen molar-refractivity contribution in [1.29, 1.82) is 0 Å². The first-order chi connectivity index (χ1) is 6.46. The molecule has 0 fully saturated rings. The predicted octanol–water partition coefficient (Wildman–Crippen LogP) is -0.0346. The number of carbonyl (C=O) groups is 2. The zero-order valence-corrected chi connectivity index (χ0v) is 8.89. The van der Waals surface area contributed by atoms with Crippen LogP contribution in [0.3, 0.4) is 0 Å². The van der Waals surface area contributed by atoms with E-state index >= 15 is 0 Å². The Morgan fingerprint density at radius 2 is 1.93 bits per heavy atom. The van der Waals surface area contributed by atoms with Gasteiger partial charge in [-0.05, 0) is 19.9 Å². The molecule has 14 heavy (non-hydrogen) atoms. The van der Waals surface area contributed by atoms with E-state index in [4.69, 9.17) is 5.11 Å². The molecule has 3 N–H and O–H groups in total. The molecule has 5 heteroatoms. The lowest BCUT2D eigenvalue weighted by Crippen LogP contribution is -2.53. The molecular formula is C9H18N2O3. The third kappa shape index (κ3) is 3.74. The van der Waals surface area contributed by atoms with Crippen LogP contribution in [0, 0.1) is 0 Å². The van der Waals surface area contributed by atoms with Crippen molar-refractivity contribution in [3.05, 3.63) is 0 Å². The number of aliphatic carboxylic acids is 1. The molecule has 82 valence electrons. The molecule has 1 atom stereocenters. The molecule has 0 aliphatic rings. The van der Waals surface area contributed by atoms with Gasteiger partial charge in [0.05, 0.1) is 6.54 Å². The van der Waals surface area contributed by atoms with E-state index in [9.17, 15) is 9.59 Å². The highest BCUT2D eigenvalue weighted by molar-refractivity contribution is 5.87. The van der Waals surface area contributed by atoms with Gasteiger partial charge in [-0.3, -0.25) is 4.79 Å². The van der Waals surface area contributed by atoms with Gasteiger partial charge in [0.1, 0.15) is 5.54 Å². The molecule has 0 aromatic rings. The van der Waals surface area contributed by atoms with Crippen molar-refractivity contribution in [2.45, 2.75) is 32.7 Å². The Morgan fingerprint density at radius 3 is 2.29 bits per heavy atom. The average Bonchev–Trinajstić information content (AvgIpc) is 2.14. The van der Waals surface area contributed by atoms with Crippen molar-refractivity contribution in [3.8, 4) is 0 Å². The molecule has 0 saturated carbocycles. The van der Waals surface area contributed by atoms with Crippen LogP contribution >= 0.6 is 0 Å². The molecule has 0 bridgehead atoms. The van der Waals surface area contributed by atoms with Crippen molar-refractivity contribution < 1.29 is 14.7 Å². The van der Waals surface area contributed by atoms with Gasteiger partial charge in [0.2, 0.25) is 5.91 Å². The van der Waals surface area contributed by atoms with Crippen LogP contribution in [0.15, 0.2) is 0 Å². The Morgan fingerprint density at radius 1 is 1.36 bits per heavy atom. The first kappa shape index (κ1) is 12.9. The van der Waals surface area contributed by atoms with Crippen molar-refractivity contribution in [3.63, 3.8) is 0 Å². The van der Waals surface area contributed by atoms with Crippen LogP contribution in [-0.4, -0.2) is 35.6 Å². The fourth-order valence-electron chi connectivity index (χ4n) is 0.884. The largest absolute Gasteiger partial charge is 0.480 e. The number of carboxylic acid groups (broad SMARTS) is 1. The molecule has 0 spiro atoms. The summed E-state index contributed by atoms with van der Waals surface area (Å²) in [4.78, 5) is 22.1. The van der Waals surface area contributed by atoms with Crippen LogP contribution in [0.25, 0.3) is 0 Å². The highest BCUT2D eigenvalue weighted by atomic mass is 16.4. The molecule has 0 saturated heterocycles. The highest BCUT2D eigenvalue weighted by Crippen LogP contribution is 2.08. The van der Waals surface area contributed by atoms with Gasteiger partial charge < -0.3 is 15.7 Å². The summed E-state index contributed by atoms with van der Waals surface area (Å²) in [6.45, 7) is 5.94. The maximum Gasteiger partial charge on any atom is 0.329 e. The van der Waals surface area contributed by atoms with Gasteiger partial charge in [-0.1, -0.05) is 13.8 Å². The lowest BCUT2D eigenvalue weighted by atomic mass is 9.99. The van der Waals surface area contributed by atoms with Crippen molar-refractivity contribution in [1.82, 2.24) is 10.6 Å². The quantitative estimate of drug-likeness (QED) is 0.565. The number of nitrogens with one attached hydrogen (secondary N) is 2. The summed E-state index contributed by atoms with van der Waals surface area (Å²) in [5.41, 5.74) is -1.16. The number of rotatable bonds is 6. The average molecular weight is 202 g/mol. The molecule has 0 rings (SSSR count). The second-order valence-corrected chi connectivity index (χ2v) is 3.32. The Bertz CT molecular complexity index is 218. The fourth-order valence-corrected chi connectivity index (χ4v) is 0.884. The summed E-state index contributed by atoms with van der Waals surface area (Å²) in [7, 11) is 0. The Balaban J connectivity index is 4.18. The minimum absolute atomic E-state index is 0.152. The lowest BCUT2D eigenvalue weighted by Gasteiger charge is -2.24. The summed E-state index contributed by atoms with van der Waals surface area (Å²) in [5.74, 6) is -1.30. The number of carbonyl (C=O) groups excluding carboxylic acids is 1. The number of amides is 1.